The zero-order valence-corrected chi connectivity index (χ0v) is 11.1. The predicted molar refractivity (Wildman–Crippen MR) is 69.8 cm³/mol. The molecule has 0 aliphatic heterocycles. The highest BCUT2D eigenvalue weighted by molar-refractivity contribution is 5.78. The average Bonchev–Trinajstić information content (AvgIpc) is 2.29. The molecular weight excluding hydrogens is 212 g/mol. The maximum atomic E-state index is 11.9. The van der Waals surface area contributed by atoms with Crippen LogP contribution in [0.5, 0.6) is 0 Å². The molecule has 1 rings (SSSR count). The molecule has 0 radical (unpaired) electrons. The van der Waals surface area contributed by atoms with Gasteiger partial charge in [-0.05, 0) is 23.8 Å². The first kappa shape index (κ1) is 13.8. The van der Waals surface area contributed by atoms with Gasteiger partial charge in [0.2, 0.25) is 0 Å². The number of benzene rings is 1. The minimum absolute atomic E-state index is 0.135. The van der Waals surface area contributed by atoms with Crippen molar-refractivity contribution >= 4 is 5.97 Å². The molecule has 17 heavy (non-hydrogen) atoms. The van der Waals surface area contributed by atoms with Crippen LogP contribution in [-0.2, 0) is 9.53 Å². The molecule has 2 heteroatoms. The highest BCUT2D eigenvalue weighted by atomic mass is 16.5. The molecule has 0 N–H and O–H groups in total. The van der Waals surface area contributed by atoms with Crippen LogP contribution in [0, 0.1) is 11.8 Å². The number of hydrogen-bond acceptors (Lipinski definition) is 2. The molecule has 94 valence electrons. The van der Waals surface area contributed by atoms with Crippen molar-refractivity contribution in [2.24, 2.45) is 11.8 Å². The summed E-state index contributed by atoms with van der Waals surface area (Å²) in [6, 6.07) is 9.89. The predicted octanol–water partition coefficient (Wildman–Crippen LogP) is 3.63. The first-order valence-corrected chi connectivity index (χ1v) is 6.19. The van der Waals surface area contributed by atoms with E-state index in [2.05, 4.69) is 20.8 Å². The molecule has 2 nitrogen and oxygen atoms in total. The van der Waals surface area contributed by atoms with Gasteiger partial charge in [0.25, 0.3) is 0 Å². The van der Waals surface area contributed by atoms with Gasteiger partial charge in [0.05, 0.1) is 13.0 Å². The summed E-state index contributed by atoms with van der Waals surface area (Å²) in [4.78, 5) is 11.9. The third-order valence-electron chi connectivity index (χ3n) is 3.03. The lowest BCUT2D eigenvalue weighted by Gasteiger charge is -2.23. The minimum atomic E-state index is -0.149. The fraction of sp³-hybridized carbons (Fsp3) is 0.533. The van der Waals surface area contributed by atoms with Gasteiger partial charge in [-0.2, -0.15) is 0 Å². The molecule has 0 aliphatic rings. The van der Waals surface area contributed by atoms with Crippen LogP contribution in [0.3, 0.4) is 0 Å². The van der Waals surface area contributed by atoms with Crippen molar-refractivity contribution in [3.05, 3.63) is 35.9 Å². The number of carbonyl (C=O) groups excluding carboxylic acids is 1. The van der Waals surface area contributed by atoms with Crippen LogP contribution < -0.4 is 0 Å². The molecule has 0 aromatic heterocycles. The molecule has 0 amide bonds. The first-order chi connectivity index (χ1) is 8.06. The van der Waals surface area contributed by atoms with Gasteiger partial charge in [-0.15, -0.1) is 0 Å². The van der Waals surface area contributed by atoms with E-state index >= 15 is 0 Å². The standard InChI is InChI=1S/C15H22O2/c1-11(2)10-12(3)14(15(16)17-4)13-8-6-5-7-9-13/h5-9,11-12,14H,10H2,1-4H3/t12-,14+/m0/s1. The molecule has 0 bridgehead atoms. The summed E-state index contributed by atoms with van der Waals surface area (Å²) in [6.45, 7) is 6.47. The number of esters is 1. The largest absolute Gasteiger partial charge is 0.469 e. The Hall–Kier alpha value is -1.31. The maximum Gasteiger partial charge on any atom is 0.313 e. The van der Waals surface area contributed by atoms with Crippen molar-refractivity contribution in [1.82, 2.24) is 0 Å². The topological polar surface area (TPSA) is 26.3 Å². The number of methoxy groups -OCH3 is 1. The van der Waals surface area contributed by atoms with Crippen LogP contribution in [0.2, 0.25) is 0 Å². The molecule has 2 atom stereocenters. The number of hydrogen-bond donors (Lipinski definition) is 0. The van der Waals surface area contributed by atoms with Gasteiger partial charge >= 0.3 is 5.97 Å². The Bertz CT molecular complexity index is 343. The summed E-state index contributed by atoms with van der Waals surface area (Å²) < 4.78 is 4.93. The van der Waals surface area contributed by atoms with Crippen LogP contribution in [0.4, 0.5) is 0 Å². The Balaban J connectivity index is 2.92. The smallest absolute Gasteiger partial charge is 0.313 e. The van der Waals surface area contributed by atoms with E-state index in [9.17, 15) is 4.79 Å². The molecule has 1 aromatic rings. The molecule has 0 heterocycles. The lowest BCUT2D eigenvalue weighted by molar-refractivity contribution is -0.143. The van der Waals surface area contributed by atoms with E-state index in [1.807, 2.05) is 30.3 Å². The summed E-state index contributed by atoms with van der Waals surface area (Å²) in [6.07, 6.45) is 1.02. The fourth-order valence-electron chi connectivity index (χ4n) is 2.36. The third-order valence-corrected chi connectivity index (χ3v) is 3.03. The molecular formula is C15H22O2. The zero-order valence-electron chi connectivity index (χ0n) is 11.1. The second kappa shape index (κ2) is 6.43. The van der Waals surface area contributed by atoms with E-state index in [4.69, 9.17) is 4.74 Å². The van der Waals surface area contributed by atoms with E-state index in [-0.39, 0.29) is 11.9 Å². The first-order valence-electron chi connectivity index (χ1n) is 6.19. The summed E-state index contributed by atoms with van der Waals surface area (Å²) in [5.41, 5.74) is 1.05. The summed E-state index contributed by atoms with van der Waals surface area (Å²) in [5, 5.41) is 0. The highest BCUT2D eigenvalue weighted by Crippen LogP contribution is 2.30. The van der Waals surface area contributed by atoms with E-state index in [1.54, 1.807) is 0 Å². The normalized spacial score (nSPS) is 14.4. The summed E-state index contributed by atoms with van der Waals surface area (Å²) in [5.74, 6) is 0.596. The molecule has 0 spiro atoms. The van der Waals surface area contributed by atoms with E-state index < -0.39 is 0 Å². The summed E-state index contributed by atoms with van der Waals surface area (Å²) >= 11 is 0. The Kier molecular flexibility index (Phi) is 5.20. The van der Waals surface area contributed by atoms with Crippen LogP contribution >= 0.6 is 0 Å². The highest BCUT2D eigenvalue weighted by Gasteiger charge is 2.27. The Labute approximate surface area is 104 Å². The van der Waals surface area contributed by atoms with Crippen LogP contribution in [0.25, 0.3) is 0 Å². The average molecular weight is 234 g/mol. The molecule has 0 saturated carbocycles. The monoisotopic (exact) mass is 234 g/mol. The van der Waals surface area contributed by atoms with Crippen LogP contribution in [0.1, 0.15) is 38.7 Å². The van der Waals surface area contributed by atoms with Crippen LogP contribution in [0.15, 0.2) is 30.3 Å². The number of carbonyl (C=O) groups is 1. The SMILES string of the molecule is COC(=O)[C@@H](c1ccccc1)[C@@H](C)CC(C)C. The number of ether oxygens (including phenoxy) is 1. The molecule has 1 aromatic carbocycles. The van der Waals surface area contributed by atoms with Crippen molar-refractivity contribution in [1.29, 1.82) is 0 Å². The maximum absolute atomic E-state index is 11.9. The second-order valence-corrected chi connectivity index (χ2v) is 5.02. The van der Waals surface area contributed by atoms with Gasteiger partial charge in [0.1, 0.15) is 0 Å². The molecule has 0 saturated heterocycles. The van der Waals surface area contributed by atoms with E-state index in [1.165, 1.54) is 7.11 Å². The molecule has 0 unspecified atom stereocenters. The zero-order chi connectivity index (χ0) is 12.8. The van der Waals surface area contributed by atoms with Crippen molar-refractivity contribution in [2.45, 2.75) is 33.1 Å². The second-order valence-electron chi connectivity index (χ2n) is 5.02. The van der Waals surface area contributed by atoms with Gasteiger partial charge < -0.3 is 4.74 Å². The molecule has 0 fully saturated rings. The van der Waals surface area contributed by atoms with Crippen molar-refractivity contribution in [3.8, 4) is 0 Å². The lowest BCUT2D eigenvalue weighted by atomic mass is 9.82. The van der Waals surface area contributed by atoms with Crippen molar-refractivity contribution in [2.75, 3.05) is 7.11 Å². The van der Waals surface area contributed by atoms with Crippen molar-refractivity contribution in [3.63, 3.8) is 0 Å². The van der Waals surface area contributed by atoms with E-state index in [0.29, 0.717) is 11.8 Å². The van der Waals surface area contributed by atoms with Crippen molar-refractivity contribution < 1.29 is 9.53 Å². The number of rotatable bonds is 5. The minimum Gasteiger partial charge on any atom is -0.469 e. The van der Waals surface area contributed by atoms with Gasteiger partial charge in [-0.3, -0.25) is 4.79 Å². The lowest BCUT2D eigenvalue weighted by Crippen LogP contribution is -2.22. The quantitative estimate of drug-likeness (QED) is 0.727. The van der Waals surface area contributed by atoms with E-state index in [0.717, 1.165) is 12.0 Å². The van der Waals surface area contributed by atoms with Gasteiger partial charge in [-0.25, -0.2) is 0 Å². The van der Waals surface area contributed by atoms with Gasteiger partial charge in [0.15, 0.2) is 0 Å². The van der Waals surface area contributed by atoms with Gasteiger partial charge in [0, 0.05) is 0 Å². The van der Waals surface area contributed by atoms with Crippen LogP contribution in [-0.4, -0.2) is 13.1 Å². The Morgan fingerprint density at radius 1 is 1.18 bits per heavy atom. The Morgan fingerprint density at radius 2 is 1.76 bits per heavy atom. The third kappa shape index (κ3) is 3.88. The Morgan fingerprint density at radius 3 is 2.24 bits per heavy atom. The molecule has 0 aliphatic carbocycles. The van der Waals surface area contributed by atoms with Gasteiger partial charge in [-0.1, -0.05) is 51.1 Å². The fourth-order valence-corrected chi connectivity index (χ4v) is 2.36. The summed E-state index contributed by atoms with van der Waals surface area (Å²) in [7, 11) is 1.46.